The number of carbonyl (C=O) groups is 1. The quantitative estimate of drug-likeness (QED) is 0.636. The Labute approximate surface area is 156 Å². The van der Waals surface area contributed by atoms with E-state index in [9.17, 15) is 32.7 Å². The SMILES string of the molecule is O=C(N[C@H]1CC[C@@H](c2cccc(C(F)(F)F)c2)CC1)c1[nH]c(=O)[nH]c(=O)c1O. The van der Waals surface area contributed by atoms with Crippen molar-refractivity contribution in [1.29, 1.82) is 0 Å². The average molecular weight is 397 g/mol. The molecule has 0 spiro atoms. The lowest BCUT2D eigenvalue weighted by molar-refractivity contribution is -0.137. The Bertz CT molecular complexity index is 989. The molecule has 10 heteroatoms. The first kappa shape index (κ1) is 19.7. The van der Waals surface area contributed by atoms with Crippen LogP contribution in [0.5, 0.6) is 5.75 Å². The van der Waals surface area contributed by atoms with Gasteiger partial charge in [-0.15, -0.1) is 0 Å². The zero-order valence-corrected chi connectivity index (χ0v) is 14.6. The van der Waals surface area contributed by atoms with Crippen molar-refractivity contribution in [1.82, 2.24) is 15.3 Å². The summed E-state index contributed by atoms with van der Waals surface area (Å²) in [6, 6.07) is 4.96. The molecule has 4 N–H and O–H groups in total. The van der Waals surface area contributed by atoms with Crippen molar-refractivity contribution >= 4 is 5.91 Å². The van der Waals surface area contributed by atoms with Crippen LogP contribution in [-0.2, 0) is 6.18 Å². The molecule has 0 aliphatic heterocycles. The monoisotopic (exact) mass is 397 g/mol. The lowest BCUT2D eigenvalue weighted by Gasteiger charge is -2.29. The van der Waals surface area contributed by atoms with E-state index in [1.54, 1.807) is 11.1 Å². The highest BCUT2D eigenvalue weighted by molar-refractivity contribution is 5.94. The van der Waals surface area contributed by atoms with Crippen molar-refractivity contribution < 1.29 is 23.1 Å². The maximum absolute atomic E-state index is 12.9. The van der Waals surface area contributed by atoms with Gasteiger partial charge in [-0.05, 0) is 43.2 Å². The number of rotatable bonds is 3. The number of carbonyl (C=O) groups excluding carboxylic acids is 1. The number of nitrogens with one attached hydrogen (secondary N) is 3. The van der Waals surface area contributed by atoms with E-state index in [-0.39, 0.29) is 12.0 Å². The molecule has 1 saturated carbocycles. The minimum Gasteiger partial charge on any atom is -0.501 e. The fraction of sp³-hybridized carbons (Fsp3) is 0.389. The van der Waals surface area contributed by atoms with Crippen LogP contribution < -0.4 is 16.6 Å². The van der Waals surface area contributed by atoms with Crippen LogP contribution in [0.4, 0.5) is 13.2 Å². The molecular formula is C18H18F3N3O4. The van der Waals surface area contributed by atoms with E-state index in [1.165, 1.54) is 6.07 Å². The van der Waals surface area contributed by atoms with Crippen molar-refractivity contribution in [3.8, 4) is 5.75 Å². The Hall–Kier alpha value is -3.04. The van der Waals surface area contributed by atoms with Crippen molar-refractivity contribution in [2.24, 2.45) is 0 Å². The minimum absolute atomic E-state index is 0.0526. The fourth-order valence-electron chi connectivity index (χ4n) is 3.44. The Morgan fingerprint density at radius 3 is 2.43 bits per heavy atom. The normalized spacial score (nSPS) is 20.0. The van der Waals surface area contributed by atoms with E-state index < -0.39 is 40.3 Å². The second kappa shape index (κ2) is 7.53. The third-order valence-electron chi connectivity index (χ3n) is 4.89. The van der Waals surface area contributed by atoms with Crippen LogP contribution in [0.2, 0.25) is 0 Å². The first-order valence-corrected chi connectivity index (χ1v) is 8.68. The van der Waals surface area contributed by atoms with Gasteiger partial charge in [-0.25, -0.2) is 4.79 Å². The van der Waals surface area contributed by atoms with Gasteiger partial charge in [0.25, 0.3) is 11.5 Å². The largest absolute Gasteiger partial charge is 0.501 e. The maximum atomic E-state index is 12.9. The molecule has 1 fully saturated rings. The molecule has 0 radical (unpaired) electrons. The molecule has 2 aromatic rings. The van der Waals surface area contributed by atoms with Crippen molar-refractivity contribution in [3.63, 3.8) is 0 Å². The number of amides is 1. The number of hydrogen-bond acceptors (Lipinski definition) is 4. The molecule has 28 heavy (non-hydrogen) atoms. The molecule has 3 rings (SSSR count). The average Bonchev–Trinajstić information content (AvgIpc) is 2.64. The summed E-state index contributed by atoms with van der Waals surface area (Å²) < 4.78 is 38.6. The first-order chi connectivity index (χ1) is 13.1. The Morgan fingerprint density at radius 2 is 1.79 bits per heavy atom. The van der Waals surface area contributed by atoms with E-state index in [0.717, 1.165) is 12.1 Å². The minimum atomic E-state index is -4.40. The zero-order valence-electron chi connectivity index (χ0n) is 14.6. The number of alkyl halides is 3. The Balaban J connectivity index is 1.64. The van der Waals surface area contributed by atoms with Crippen LogP contribution >= 0.6 is 0 Å². The smallest absolute Gasteiger partial charge is 0.416 e. The van der Waals surface area contributed by atoms with E-state index in [2.05, 4.69) is 10.3 Å². The number of aromatic hydroxyl groups is 1. The zero-order chi connectivity index (χ0) is 20.5. The molecule has 1 aromatic carbocycles. The van der Waals surface area contributed by atoms with Gasteiger partial charge < -0.3 is 10.4 Å². The molecule has 150 valence electrons. The van der Waals surface area contributed by atoms with Gasteiger partial charge in [0, 0.05) is 6.04 Å². The number of hydrogen-bond donors (Lipinski definition) is 4. The van der Waals surface area contributed by atoms with E-state index in [0.29, 0.717) is 31.2 Å². The van der Waals surface area contributed by atoms with Gasteiger partial charge in [-0.3, -0.25) is 19.6 Å². The van der Waals surface area contributed by atoms with E-state index in [1.807, 2.05) is 0 Å². The lowest BCUT2D eigenvalue weighted by atomic mass is 9.81. The summed E-state index contributed by atoms with van der Waals surface area (Å²) in [6.07, 6.45) is -2.22. The highest BCUT2D eigenvalue weighted by Crippen LogP contribution is 2.36. The second-order valence-electron chi connectivity index (χ2n) is 6.78. The summed E-state index contributed by atoms with van der Waals surface area (Å²) >= 11 is 0. The van der Waals surface area contributed by atoms with Crippen molar-refractivity contribution in [2.75, 3.05) is 0 Å². The van der Waals surface area contributed by atoms with Gasteiger partial charge in [0.05, 0.1) is 5.56 Å². The van der Waals surface area contributed by atoms with Crippen LogP contribution in [0.25, 0.3) is 0 Å². The molecule has 1 aliphatic carbocycles. The third kappa shape index (κ3) is 4.26. The highest BCUT2D eigenvalue weighted by Gasteiger charge is 2.32. The van der Waals surface area contributed by atoms with Gasteiger partial charge >= 0.3 is 11.9 Å². The van der Waals surface area contributed by atoms with Crippen LogP contribution in [-0.4, -0.2) is 27.0 Å². The molecule has 1 aromatic heterocycles. The van der Waals surface area contributed by atoms with E-state index >= 15 is 0 Å². The number of aromatic nitrogens is 2. The number of benzene rings is 1. The summed E-state index contributed by atoms with van der Waals surface area (Å²) in [5, 5.41) is 12.3. The maximum Gasteiger partial charge on any atom is 0.416 e. The predicted octanol–water partition coefficient (Wildman–Crippen LogP) is 2.24. The topological polar surface area (TPSA) is 115 Å². The van der Waals surface area contributed by atoms with Crippen LogP contribution in [0.15, 0.2) is 33.9 Å². The predicted molar refractivity (Wildman–Crippen MR) is 93.3 cm³/mol. The molecule has 0 atom stereocenters. The first-order valence-electron chi connectivity index (χ1n) is 8.68. The molecule has 1 heterocycles. The van der Waals surface area contributed by atoms with Crippen LogP contribution in [0.1, 0.15) is 53.2 Å². The van der Waals surface area contributed by atoms with Gasteiger partial charge in [0.2, 0.25) is 5.75 Å². The van der Waals surface area contributed by atoms with Gasteiger partial charge in [0.15, 0.2) is 5.69 Å². The Morgan fingerprint density at radius 1 is 1.11 bits per heavy atom. The van der Waals surface area contributed by atoms with E-state index in [4.69, 9.17) is 0 Å². The summed E-state index contributed by atoms with van der Waals surface area (Å²) in [5.41, 5.74) is -2.58. The molecule has 1 amide bonds. The fourth-order valence-corrected chi connectivity index (χ4v) is 3.44. The summed E-state index contributed by atoms with van der Waals surface area (Å²) in [6.45, 7) is 0. The van der Waals surface area contributed by atoms with Gasteiger partial charge in [0.1, 0.15) is 0 Å². The summed E-state index contributed by atoms with van der Waals surface area (Å²) in [5.74, 6) is -1.72. The van der Waals surface area contributed by atoms with Crippen molar-refractivity contribution in [3.05, 3.63) is 61.9 Å². The van der Waals surface area contributed by atoms with Gasteiger partial charge in [-0.2, -0.15) is 13.2 Å². The molecule has 0 saturated heterocycles. The van der Waals surface area contributed by atoms with Gasteiger partial charge in [-0.1, -0.05) is 18.2 Å². The van der Waals surface area contributed by atoms with Crippen LogP contribution in [0, 0.1) is 0 Å². The third-order valence-corrected chi connectivity index (χ3v) is 4.89. The molecular weight excluding hydrogens is 379 g/mol. The number of halogens is 3. The van der Waals surface area contributed by atoms with Crippen molar-refractivity contribution in [2.45, 2.75) is 43.8 Å². The molecule has 0 bridgehead atoms. The summed E-state index contributed by atoms with van der Waals surface area (Å²) in [4.78, 5) is 38.8. The molecule has 0 unspecified atom stereocenters. The highest BCUT2D eigenvalue weighted by atomic mass is 19.4. The van der Waals surface area contributed by atoms with Crippen LogP contribution in [0.3, 0.4) is 0 Å². The standard InChI is InChI=1S/C18H18F3N3O4/c19-18(20,21)11-3-1-2-10(8-11)9-4-6-12(7-5-9)22-15(26)13-14(25)16(27)24-17(28)23-13/h1-3,8-9,12,25H,4-7H2,(H,22,26)(H2,23,24,27,28)/t9-,12+. The number of aromatic amines is 2. The Kier molecular flexibility index (Phi) is 5.30. The molecule has 1 aliphatic rings. The molecule has 7 nitrogen and oxygen atoms in total. The summed E-state index contributed by atoms with van der Waals surface area (Å²) in [7, 11) is 0. The lowest BCUT2D eigenvalue weighted by Crippen LogP contribution is -2.39. The second-order valence-corrected chi connectivity index (χ2v) is 6.78. The number of H-pyrrole nitrogens is 2.